The highest BCUT2D eigenvalue weighted by molar-refractivity contribution is 5.95. The summed E-state index contributed by atoms with van der Waals surface area (Å²) in [5.41, 5.74) is 1.47. The van der Waals surface area contributed by atoms with Gasteiger partial charge in [-0.25, -0.2) is 0 Å². The molecule has 1 aromatic rings. The Morgan fingerprint density at radius 3 is 3.06 bits per heavy atom. The van der Waals surface area contributed by atoms with Gasteiger partial charge in [0, 0.05) is 19.3 Å². The largest absolute Gasteiger partial charge is 0.349 e. The lowest BCUT2D eigenvalue weighted by molar-refractivity contribution is 0.0933. The second kappa shape index (κ2) is 5.31. The van der Waals surface area contributed by atoms with Crippen molar-refractivity contribution < 1.29 is 4.79 Å². The van der Waals surface area contributed by atoms with Gasteiger partial charge in [-0.05, 0) is 39.3 Å². The summed E-state index contributed by atoms with van der Waals surface area (Å²) in [5, 5.41) is 10.6. The summed E-state index contributed by atoms with van der Waals surface area (Å²) in [7, 11) is 1.83. The predicted molar refractivity (Wildman–Crippen MR) is 65.9 cm³/mol. The molecule has 0 aromatic carbocycles. The van der Waals surface area contributed by atoms with Crippen LogP contribution in [0.4, 0.5) is 0 Å². The van der Waals surface area contributed by atoms with E-state index in [-0.39, 0.29) is 11.9 Å². The highest BCUT2D eigenvalue weighted by Gasteiger charge is 2.18. The molecule has 0 bridgehead atoms. The molecular weight excluding hydrogens is 216 g/mol. The van der Waals surface area contributed by atoms with Crippen LogP contribution in [-0.4, -0.2) is 34.8 Å². The van der Waals surface area contributed by atoms with E-state index in [2.05, 4.69) is 15.7 Å². The minimum atomic E-state index is 0.00231. The van der Waals surface area contributed by atoms with E-state index in [4.69, 9.17) is 0 Å². The fourth-order valence-electron chi connectivity index (χ4n) is 2.25. The first-order valence-corrected chi connectivity index (χ1v) is 6.18. The molecule has 2 heterocycles. The monoisotopic (exact) mass is 236 g/mol. The number of hydrogen-bond donors (Lipinski definition) is 2. The van der Waals surface area contributed by atoms with Crippen molar-refractivity contribution in [1.82, 2.24) is 20.4 Å². The summed E-state index contributed by atoms with van der Waals surface area (Å²) >= 11 is 0. The lowest BCUT2D eigenvalue weighted by atomic mass is 10.1. The summed E-state index contributed by atoms with van der Waals surface area (Å²) in [4.78, 5) is 12.1. The Morgan fingerprint density at radius 1 is 1.53 bits per heavy atom. The molecule has 94 valence electrons. The van der Waals surface area contributed by atoms with Gasteiger partial charge in [0.25, 0.3) is 5.91 Å². The molecule has 1 aromatic heterocycles. The Bertz CT molecular complexity index is 391. The zero-order valence-electron chi connectivity index (χ0n) is 10.5. The van der Waals surface area contributed by atoms with Gasteiger partial charge in [0.2, 0.25) is 0 Å². The van der Waals surface area contributed by atoms with Crippen LogP contribution in [0, 0.1) is 6.92 Å². The van der Waals surface area contributed by atoms with Gasteiger partial charge in [-0.3, -0.25) is 9.48 Å². The molecule has 1 atom stereocenters. The molecule has 2 rings (SSSR count). The molecule has 1 saturated heterocycles. The topological polar surface area (TPSA) is 59.0 Å². The second-order valence-electron chi connectivity index (χ2n) is 4.65. The molecular formula is C12H20N4O. The first-order valence-electron chi connectivity index (χ1n) is 6.18. The lowest BCUT2D eigenvalue weighted by Gasteiger charge is -2.15. The molecule has 2 N–H and O–H groups in total. The minimum Gasteiger partial charge on any atom is -0.349 e. The van der Waals surface area contributed by atoms with E-state index < -0.39 is 0 Å². The quantitative estimate of drug-likeness (QED) is 0.790. The molecule has 0 aliphatic carbocycles. The Balaban J connectivity index is 1.98. The summed E-state index contributed by atoms with van der Waals surface area (Å²) < 4.78 is 1.68. The highest BCUT2D eigenvalue weighted by atomic mass is 16.1. The summed E-state index contributed by atoms with van der Waals surface area (Å²) in [6.07, 6.45) is 4.96. The van der Waals surface area contributed by atoms with Gasteiger partial charge in [-0.1, -0.05) is 0 Å². The summed E-state index contributed by atoms with van der Waals surface area (Å²) in [6.45, 7) is 3.90. The van der Waals surface area contributed by atoms with Crippen molar-refractivity contribution >= 4 is 5.91 Å². The predicted octanol–water partition coefficient (Wildman–Crippen LogP) is 0.600. The summed E-state index contributed by atoms with van der Waals surface area (Å²) in [6, 6.07) is 0.289. The number of aryl methyl sites for hydroxylation is 2. The third-order valence-electron chi connectivity index (χ3n) is 3.17. The van der Waals surface area contributed by atoms with Crippen molar-refractivity contribution in [3.05, 3.63) is 17.5 Å². The number of amides is 1. The van der Waals surface area contributed by atoms with Crippen molar-refractivity contribution in [2.75, 3.05) is 13.1 Å². The maximum absolute atomic E-state index is 12.1. The van der Waals surface area contributed by atoms with Crippen molar-refractivity contribution in [1.29, 1.82) is 0 Å². The second-order valence-corrected chi connectivity index (χ2v) is 4.65. The SMILES string of the molecule is Cc1nn(C)cc1C(=O)NC1CCCNCC1. The molecule has 0 radical (unpaired) electrons. The fraction of sp³-hybridized carbons (Fsp3) is 0.667. The highest BCUT2D eigenvalue weighted by Crippen LogP contribution is 2.09. The van der Waals surface area contributed by atoms with E-state index >= 15 is 0 Å². The Kier molecular flexibility index (Phi) is 3.78. The van der Waals surface area contributed by atoms with Crippen molar-refractivity contribution in [2.45, 2.75) is 32.2 Å². The van der Waals surface area contributed by atoms with Crippen molar-refractivity contribution in [3.8, 4) is 0 Å². The van der Waals surface area contributed by atoms with Gasteiger partial charge in [0.1, 0.15) is 0 Å². The van der Waals surface area contributed by atoms with Gasteiger partial charge in [-0.2, -0.15) is 5.10 Å². The Hall–Kier alpha value is -1.36. The number of carbonyl (C=O) groups is 1. The molecule has 5 nitrogen and oxygen atoms in total. The molecule has 1 aliphatic rings. The van der Waals surface area contributed by atoms with Gasteiger partial charge < -0.3 is 10.6 Å². The number of nitrogens with zero attached hydrogens (tertiary/aromatic N) is 2. The maximum atomic E-state index is 12.1. The normalized spacial score (nSPS) is 20.9. The molecule has 17 heavy (non-hydrogen) atoms. The van der Waals surface area contributed by atoms with Gasteiger partial charge in [-0.15, -0.1) is 0 Å². The molecule has 1 fully saturated rings. The van der Waals surface area contributed by atoms with Crippen LogP contribution in [0.5, 0.6) is 0 Å². The smallest absolute Gasteiger partial charge is 0.254 e. The van der Waals surface area contributed by atoms with Crippen molar-refractivity contribution in [2.24, 2.45) is 7.05 Å². The molecule has 1 aliphatic heterocycles. The van der Waals surface area contributed by atoms with Crippen LogP contribution in [0.15, 0.2) is 6.20 Å². The zero-order valence-corrected chi connectivity index (χ0v) is 10.5. The van der Waals surface area contributed by atoms with Crippen LogP contribution in [0.25, 0.3) is 0 Å². The van der Waals surface area contributed by atoms with E-state index in [0.717, 1.165) is 38.0 Å². The number of nitrogens with one attached hydrogen (secondary N) is 2. The van der Waals surface area contributed by atoms with E-state index in [0.29, 0.717) is 5.56 Å². The first kappa shape index (κ1) is 12.1. The van der Waals surface area contributed by atoms with Crippen LogP contribution >= 0.6 is 0 Å². The number of hydrogen-bond acceptors (Lipinski definition) is 3. The Morgan fingerprint density at radius 2 is 2.35 bits per heavy atom. The van der Waals surface area contributed by atoms with Crippen molar-refractivity contribution in [3.63, 3.8) is 0 Å². The molecule has 1 unspecified atom stereocenters. The molecule has 1 amide bonds. The van der Waals surface area contributed by atoms with E-state index in [9.17, 15) is 4.79 Å². The first-order chi connectivity index (χ1) is 8.16. The van der Waals surface area contributed by atoms with Crippen LogP contribution in [-0.2, 0) is 7.05 Å². The third kappa shape index (κ3) is 3.06. The van der Waals surface area contributed by atoms with Gasteiger partial charge in [0.15, 0.2) is 0 Å². The number of rotatable bonds is 2. The maximum Gasteiger partial charge on any atom is 0.254 e. The zero-order chi connectivity index (χ0) is 12.3. The van der Waals surface area contributed by atoms with Crippen LogP contribution < -0.4 is 10.6 Å². The molecule has 5 heteroatoms. The minimum absolute atomic E-state index is 0.00231. The average Bonchev–Trinajstić information content (AvgIpc) is 2.51. The van der Waals surface area contributed by atoms with Crippen LogP contribution in [0.1, 0.15) is 35.3 Å². The third-order valence-corrected chi connectivity index (χ3v) is 3.17. The molecule has 0 saturated carbocycles. The Labute approximate surface area is 102 Å². The summed E-state index contributed by atoms with van der Waals surface area (Å²) in [5.74, 6) is 0.00231. The van der Waals surface area contributed by atoms with Crippen LogP contribution in [0.2, 0.25) is 0 Å². The number of aromatic nitrogens is 2. The van der Waals surface area contributed by atoms with Gasteiger partial charge >= 0.3 is 0 Å². The average molecular weight is 236 g/mol. The van der Waals surface area contributed by atoms with Gasteiger partial charge in [0.05, 0.1) is 11.3 Å². The van der Waals surface area contributed by atoms with E-state index in [1.807, 2.05) is 14.0 Å². The lowest BCUT2D eigenvalue weighted by Crippen LogP contribution is -2.35. The van der Waals surface area contributed by atoms with E-state index in [1.165, 1.54) is 0 Å². The standard InChI is InChI=1S/C12H20N4O/c1-9-11(8-16(2)15-9)12(17)14-10-4-3-6-13-7-5-10/h8,10,13H,3-7H2,1-2H3,(H,14,17). The van der Waals surface area contributed by atoms with Crippen LogP contribution in [0.3, 0.4) is 0 Å². The molecule has 0 spiro atoms. The van der Waals surface area contributed by atoms with E-state index in [1.54, 1.807) is 10.9 Å². The fourth-order valence-corrected chi connectivity index (χ4v) is 2.25. The number of carbonyl (C=O) groups excluding carboxylic acids is 1.